The second-order valence-electron chi connectivity index (χ2n) is 7.34. The van der Waals surface area contributed by atoms with Gasteiger partial charge in [-0.25, -0.2) is 0 Å². The minimum absolute atomic E-state index is 0.306. The van der Waals surface area contributed by atoms with Crippen LogP contribution in [0.2, 0.25) is 19.6 Å². The normalized spacial score (nSPS) is 17.6. The Morgan fingerprint density at radius 1 is 0.864 bits per heavy atom. The number of benzene rings is 2. The Labute approximate surface area is 135 Å². The largest absolute Gasteiger partial charge is 0.374 e. The molecule has 0 saturated heterocycles. The molecule has 0 bridgehead atoms. The number of rotatable bonds is 3. The lowest BCUT2D eigenvalue weighted by atomic mass is 10.0. The van der Waals surface area contributed by atoms with E-state index in [0.717, 1.165) is 0 Å². The molecule has 1 aliphatic carbocycles. The summed E-state index contributed by atoms with van der Waals surface area (Å²) in [5, 5.41) is 5.36. The molecule has 0 spiro atoms. The van der Waals surface area contributed by atoms with Gasteiger partial charge in [0.15, 0.2) is 0 Å². The van der Waals surface area contributed by atoms with Gasteiger partial charge in [-0.15, -0.1) is 0 Å². The monoisotopic (exact) mass is 307 g/mol. The van der Waals surface area contributed by atoms with Crippen LogP contribution in [0.25, 0.3) is 5.20 Å². The average Bonchev–Trinajstić information content (AvgIpc) is 2.74. The lowest BCUT2D eigenvalue weighted by Gasteiger charge is -2.21. The molecule has 22 heavy (non-hydrogen) atoms. The Balaban J connectivity index is 2.04. The van der Waals surface area contributed by atoms with Crippen molar-refractivity contribution in [3.8, 4) is 0 Å². The van der Waals surface area contributed by atoms with Crippen molar-refractivity contribution in [3.05, 3.63) is 70.8 Å². The molecule has 0 heterocycles. The van der Waals surface area contributed by atoms with Crippen LogP contribution in [0, 0.1) is 6.92 Å². The second-order valence-corrected chi connectivity index (χ2v) is 12.3. The van der Waals surface area contributed by atoms with E-state index in [-0.39, 0.29) is 0 Å². The summed E-state index contributed by atoms with van der Waals surface area (Å²) in [4.78, 5) is 0. The molecule has 2 aromatic rings. The van der Waals surface area contributed by atoms with Gasteiger partial charge >= 0.3 is 0 Å². The minimum Gasteiger partial charge on any atom is -0.374 e. The first kappa shape index (κ1) is 15.1. The Morgan fingerprint density at radius 3 is 2.14 bits per heavy atom. The van der Waals surface area contributed by atoms with Gasteiger partial charge in [-0.05, 0) is 42.7 Å². The minimum atomic E-state index is -1.37. The van der Waals surface area contributed by atoms with Crippen LogP contribution in [-0.4, -0.2) is 8.07 Å². The predicted octanol–water partition coefficient (Wildman–Crippen LogP) is 5.81. The Hall–Kier alpha value is -1.80. The van der Waals surface area contributed by atoms with Gasteiger partial charge in [-0.1, -0.05) is 66.8 Å². The van der Waals surface area contributed by atoms with Crippen molar-refractivity contribution >= 4 is 19.0 Å². The van der Waals surface area contributed by atoms with Crippen molar-refractivity contribution in [1.29, 1.82) is 0 Å². The van der Waals surface area contributed by atoms with Crippen LogP contribution in [0.15, 0.2) is 54.1 Å². The molecule has 0 fully saturated rings. The molecular formula is C20H25NSi. The Bertz CT molecular complexity index is 720. The van der Waals surface area contributed by atoms with E-state index >= 15 is 0 Å². The fraction of sp³-hybridized carbons (Fsp3) is 0.300. The zero-order chi connectivity index (χ0) is 15.9. The first-order chi connectivity index (χ1) is 10.4. The van der Waals surface area contributed by atoms with Crippen molar-refractivity contribution in [2.24, 2.45) is 0 Å². The van der Waals surface area contributed by atoms with Crippen LogP contribution in [0.4, 0.5) is 5.69 Å². The van der Waals surface area contributed by atoms with E-state index in [1.807, 2.05) is 0 Å². The van der Waals surface area contributed by atoms with Gasteiger partial charge in [0, 0.05) is 5.69 Å². The van der Waals surface area contributed by atoms with E-state index < -0.39 is 8.07 Å². The predicted molar refractivity (Wildman–Crippen MR) is 99.9 cm³/mol. The molecule has 1 unspecified atom stereocenters. The standard InChI is InChI=1S/C20H25NSi/c1-14-10-12-16(13-11-14)21-19-15(2)20(22(3,4)5)18-9-7-6-8-17(18)19/h6-13,19,21H,1-5H3. The average molecular weight is 308 g/mol. The highest BCUT2D eigenvalue weighted by atomic mass is 28.3. The maximum absolute atomic E-state index is 3.74. The lowest BCUT2D eigenvalue weighted by molar-refractivity contribution is 0.937. The molecule has 1 nitrogen and oxygen atoms in total. The van der Waals surface area contributed by atoms with Gasteiger partial charge in [0.1, 0.15) is 0 Å². The van der Waals surface area contributed by atoms with Crippen molar-refractivity contribution < 1.29 is 0 Å². The lowest BCUT2D eigenvalue weighted by Crippen LogP contribution is -2.23. The molecule has 0 aliphatic heterocycles. The van der Waals surface area contributed by atoms with E-state index in [1.54, 1.807) is 5.20 Å². The molecule has 0 amide bonds. The number of hydrogen-bond donors (Lipinski definition) is 1. The van der Waals surface area contributed by atoms with Gasteiger partial charge in [-0.2, -0.15) is 0 Å². The number of hydrogen-bond acceptors (Lipinski definition) is 1. The van der Waals surface area contributed by atoms with Gasteiger partial charge in [0.05, 0.1) is 14.1 Å². The first-order valence-corrected chi connectivity index (χ1v) is 11.5. The summed E-state index contributed by atoms with van der Waals surface area (Å²) < 4.78 is 0. The number of anilines is 1. The highest BCUT2D eigenvalue weighted by molar-refractivity contribution is 6.94. The van der Waals surface area contributed by atoms with Crippen molar-refractivity contribution in [1.82, 2.24) is 0 Å². The molecule has 0 saturated carbocycles. The van der Waals surface area contributed by atoms with E-state index in [9.17, 15) is 0 Å². The summed E-state index contributed by atoms with van der Waals surface area (Å²) in [5.41, 5.74) is 6.89. The van der Waals surface area contributed by atoms with Crippen LogP contribution in [0.3, 0.4) is 0 Å². The van der Waals surface area contributed by atoms with Gasteiger partial charge < -0.3 is 5.32 Å². The summed E-state index contributed by atoms with van der Waals surface area (Å²) in [6.07, 6.45) is 0. The van der Waals surface area contributed by atoms with Crippen molar-refractivity contribution in [3.63, 3.8) is 0 Å². The molecule has 3 rings (SSSR count). The molecule has 1 atom stereocenters. The fourth-order valence-corrected chi connectivity index (χ4v) is 5.93. The van der Waals surface area contributed by atoms with Crippen LogP contribution in [-0.2, 0) is 0 Å². The summed E-state index contributed by atoms with van der Waals surface area (Å²) >= 11 is 0. The van der Waals surface area contributed by atoms with Gasteiger partial charge in [0.2, 0.25) is 0 Å². The summed E-state index contributed by atoms with van der Waals surface area (Å²) in [7, 11) is -1.37. The first-order valence-electron chi connectivity index (χ1n) is 8.01. The molecule has 1 N–H and O–H groups in total. The smallest absolute Gasteiger partial charge is 0.0784 e. The van der Waals surface area contributed by atoms with Crippen molar-refractivity contribution in [2.45, 2.75) is 39.5 Å². The summed E-state index contributed by atoms with van der Waals surface area (Å²) in [5.74, 6) is 0. The molecule has 114 valence electrons. The third-order valence-corrected chi connectivity index (χ3v) is 6.64. The second kappa shape index (κ2) is 5.44. The highest BCUT2D eigenvalue weighted by Gasteiger charge is 2.34. The third kappa shape index (κ3) is 2.63. The fourth-order valence-electron chi connectivity index (χ4n) is 3.56. The maximum Gasteiger partial charge on any atom is 0.0784 e. The van der Waals surface area contributed by atoms with E-state index in [4.69, 9.17) is 0 Å². The molecular weight excluding hydrogens is 282 g/mol. The van der Waals surface area contributed by atoms with Gasteiger partial charge in [0.25, 0.3) is 0 Å². The molecule has 2 heteroatoms. The van der Waals surface area contributed by atoms with E-state index in [1.165, 1.54) is 28.0 Å². The molecule has 2 aromatic carbocycles. The van der Waals surface area contributed by atoms with Crippen LogP contribution >= 0.6 is 0 Å². The van der Waals surface area contributed by atoms with E-state index in [2.05, 4.69) is 87.3 Å². The third-order valence-electron chi connectivity index (χ3n) is 4.48. The number of nitrogens with one attached hydrogen (secondary N) is 1. The topological polar surface area (TPSA) is 12.0 Å². The van der Waals surface area contributed by atoms with Crippen molar-refractivity contribution in [2.75, 3.05) is 5.32 Å². The van der Waals surface area contributed by atoms with Crippen LogP contribution < -0.4 is 5.32 Å². The number of fused-ring (bicyclic) bond motifs is 1. The zero-order valence-corrected chi connectivity index (χ0v) is 15.2. The highest BCUT2D eigenvalue weighted by Crippen LogP contribution is 2.45. The molecule has 0 radical (unpaired) electrons. The van der Waals surface area contributed by atoms with Crippen LogP contribution in [0.1, 0.15) is 29.7 Å². The SMILES string of the molecule is CC1=C([Si](C)(C)C)c2ccccc2C1Nc1ccc(C)cc1. The zero-order valence-electron chi connectivity index (χ0n) is 14.2. The molecule has 1 aliphatic rings. The summed E-state index contributed by atoms with van der Waals surface area (Å²) in [6.45, 7) is 11.8. The van der Waals surface area contributed by atoms with Gasteiger partial charge in [-0.3, -0.25) is 0 Å². The van der Waals surface area contributed by atoms with E-state index in [0.29, 0.717) is 6.04 Å². The summed E-state index contributed by atoms with van der Waals surface area (Å²) in [6, 6.07) is 17.9. The number of aryl methyl sites for hydroxylation is 1. The van der Waals surface area contributed by atoms with Crippen LogP contribution in [0.5, 0.6) is 0 Å². The Kier molecular flexibility index (Phi) is 3.73. The maximum atomic E-state index is 3.74. The molecule has 0 aromatic heterocycles. The quantitative estimate of drug-likeness (QED) is 0.705. The Morgan fingerprint density at radius 2 is 1.50 bits per heavy atom.